The largest absolute Gasteiger partial charge is 0.465 e. The highest BCUT2D eigenvalue weighted by atomic mass is 32.1. The Hall–Kier alpha value is -3.52. The molecule has 2 aliphatic rings. The highest BCUT2D eigenvalue weighted by Gasteiger charge is 2.35. The fraction of sp³-hybridized carbons (Fsp3) is 0.400. The second kappa shape index (κ2) is 11.5. The van der Waals surface area contributed by atoms with Gasteiger partial charge in [-0.15, -0.1) is 11.3 Å². The molecule has 2 saturated carbocycles. The fourth-order valence-corrected chi connectivity index (χ4v) is 6.05. The number of carbonyl (C=O) groups is 3. The van der Waals surface area contributed by atoms with E-state index in [2.05, 4.69) is 17.2 Å². The number of methoxy groups -OCH3 is 1. The highest BCUT2D eigenvalue weighted by Crippen LogP contribution is 2.41. The van der Waals surface area contributed by atoms with Crippen LogP contribution in [0.1, 0.15) is 65.6 Å². The maximum atomic E-state index is 13.8. The van der Waals surface area contributed by atoms with E-state index in [1.807, 2.05) is 35.2 Å². The van der Waals surface area contributed by atoms with Gasteiger partial charge in [-0.05, 0) is 86.3 Å². The summed E-state index contributed by atoms with van der Waals surface area (Å²) in [6, 6.07) is 14.6. The van der Waals surface area contributed by atoms with Crippen LogP contribution in [0.2, 0.25) is 0 Å². The van der Waals surface area contributed by atoms with E-state index in [1.54, 1.807) is 24.4 Å². The summed E-state index contributed by atoms with van der Waals surface area (Å²) in [5.41, 5.74) is 2.54. The molecule has 2 aromatic heterocycles. The number of anilines is 2. The van der Waals surface area contributed by atoms with Crippen LogP contribution in [0.15, 0.2) is 54.7 Å². The number of esters is 1. The molecule has 0 saturated heterocycles. The topological polar surface area (TPSA) is 88.6 Å². The van der Waals surface area contributed by atoms with Crippen molar-refractivity contribution < 1.29 is 19.1 Å². The molecule has 2 aliphatic carbocycles. The minimum absolute atomic E-state index is 0.000737. The summed E-state index contributed by atoms with van der Waals surface area (Å²) in [7, 11) is 1.38. The third-order valence-corrected chi connectivity index (χ3v) is 8.62. The molecule has 0 atom stereocenters. The molecule has 1 N–H and O–H groups in total. The number of thiophene rings is 1. The first-order chi connectivity index (χ1) is 18.4. The molecule has 1 aromatic carbocycles. The Balaban J connectivity index is 1.40. The van der Waals surface area contributed by atoms with Crippen LogP contribution in [0.4, 0.5) is 11.4 Å². The van der Waals surface area contributed by atoms with Crippen LogP contribution in [0.5, 0.6) is 0 Å². The molecular formula is C30H33N3O4S. The summed E-state index contributed by atoms with van der Waals surface area (Å²) in [5, 5.41) is 2.86. The predicted octanol–water partition coefficient (Wildman–Crippen LogP) is 6.42. The second-order valence-corrected chi connectivity index (χ2v) is 11.5. The molecule has 2 heterocycles. The summed E-state index contributed by atoms with van der Waals surface area (Å²) in [6.45, 7) is 2.89. The van der Waals surface area contributed by atoms with Crippen LogP contribution in [0.25, 0.3) is 10.4 Å². The SMILES string of the molecule is COC(=O)c1sc(-c2ccc(NC(=O)c3ccccn3)cc2)cc1N(CC1CC1)C(=O)[C@H]1CC[C@H](C)CC1. The van der Waals surface area contributed by atoms with E-state index in [0.29, 0.717) is 40.3 Å². The second-order valence-electron chi connectivity index (χ2n) is 10.4. The lowest BCUT2D eigenvalue weighted by molar-refractivity contribution is -0.123. The summed E-state index contributed by atoms with van der Waals surface area (Å²) >= 11 is 1.34. The summed E-state index contributed by atoms with van der Waals surface area (Å²) < 4.78 is 5.12. The zero-order chi connectivity index (χ0) is 26.6. The molecule has 0 spiro atoms. The minimum Gasteiger partial charge on any atom is -0.465 e. The van der Waals surface area contributed by atoms with Crippen LogP contribution >= 0.6 is 11.3 Å². The number of amides is 2. The Morgan fingerprint density at radius 3 is 2.39 bits per heavy atom. The van der Waals surface area contributed by atoms with Crippen molar-refractivity contribution in [3.8, 4) is 10.4 Å². The van der Waals surface area contributed by atoms with E-state index in [-0.39, 0.29) is 17.7 Å². The van der Waals surface area contributed by atoms with Gasteiger partial charge in [0.05, 0.1) is 12.8 Å². The molecule has 5 rings (SSSR count). The average Bonchev–Trinajstić information content (AvgIpc) is 3.67. The van der Waals surface area contributed by atoms with Gasteiger partial charge < -0.3 is 15.0 Å². The zero-order valence-electron chi connectivity index (χ0n) is 21.8. The van der Waals surface area contributed by atoms with Crippen molar-refractivity contribution in [2.75, 3.05) is 23.9 Å². The van der Waals surface area contributed by atoms with Gasteiger partial charge in [-0.25, -0.2) is 4.79 Å². The number of rotatable bonds is 8. The quantitative estimate of drug-likeness (QED) is 0.339. The number of ether oxygens (including phenoxy) is 1. The number of aromatic nitrogens is 1. The van der Waals surface area contributed by atoms with Crippen molar-refractivity contribution in [1.82, 2.24) is 4.98 Å². The average molecular weight is 532 g/mol. The number of pyridine rings is 1. The van der Waals surface area contributed by atoms with Gasteiger partial charge >= 0.3 is 5.97 Å². The van der Waals surface area contributed by atoms with Crippen LogP contribution in [0.3, 0.4) is 0 Å². The van der Waals surface area contributed by atoms with Gasteiger partial charge in [0.15, 0.2) is 0 Å². The summed E-state index contributed by atoms with van der Waals surface area (Å²) in [6.07, 6.45) is 7.74. The van der Waals surface area contributed by atoms with Gasteiger partial charge in [-0.1, -0.05) is 25.1 Å². The van der Waals surface area contributed by atoms with Crippen LogP contribution in [-0.4, -0.2) is 36.4 Å². The van der Waals surface area contributed by atoms with E-state index in [0.717, 1.165) is 49.0 Å². The molecule has 0 aliphatic heterocycles. The Kier molecular flexibility index (Phi) is 7.88. The molecule has 2 amide bonds. The maximum absolute atomic E-state index is 13.8. The van der Waals surface area contributed by atoms with E-state index < -0.39 is 5.97 Å². The van der Waals surface area contributed by atoms with E-state index >= 15 is 0 Å². The number of nitrogens with one attached hydrogen (secondary N) is 1. The first-order valence-electron chi connectivity index (χ1n) is 13.3. The third kappa shape index (κ3) is 5.96. The zero-order valence-corrected chi connectivity index (χ0v) is 22.6. The normalized spacial score (nSPS) is 19.0. The molecule has 0 bridgehead atoms. The highest BCUT2D eigenvalue weighted by molar-refractivity contribution is 7.18. The first kappa shape index (κ1) is 26.1. The lowest BCUT2D eigenvalue weighted by Gasteiger charge is -2.31. The number of hydrogen-bond donors (Lipinski definition) is 1. The standard InChI is InChI=1S/C30H33N3O4S/c1-19-6-10-22(11-7-19)29(35)33(18-20-8-9-20)25-17-26(38-27(25)30(36)37-2)21-12-14-23(15-13-21)32-28(34)24-5-3-4-16-31-24/h3-5,12-17,19-20,22H,6-11,18H2,1-2H3,(H,32,34)/t19-,22-. The Morgan fingerprint density at radius 2 is 1.76 bits per heavy atom. The van der Waals surface area contributed by atoms with Crippen LogP contribution in [0, 0.1) is 17.8 Å². The van der Waals surface area contributed by atoms with Crippen molar-refractivity contribution in [3.05, 3.63) is 65.3 Å². The minimum atomic E-state index is -0.429. The van der Waals surface area contributed by atoms with Crippen molar-refractivity contribution in [1.29, 1.82) is 0 Å². The van der Waals surface area contributed by atoms with Gasteiger partial charge in [0, 0.05) is 29.2 Å². The van der Waals surface area contributed by atoms with Gasteiger partial charge in [0.25, 0.3) is 5.91 Å². The van der Waals surface area contributed by atoms with Gasteiger partial charge in [-0.2, -0.15) is 0 Å². The number of benzene rings is 1. The number of carbonyl (C=O) groups excluding carboxylic acids is 3. The van der Waals surface area contributed by atoms with Gasteiger partial charge in [0.2, 0.25) is 5.91 Å². The van der Waals surface area contributed by atoms with Crippen molar-refractivity contribution in [2.45, 2.75) is 45.4 Å². The van der Waals surface area contributed by atoms with Gasteiger partial charge in [-0.3, -0.25) is 14.6 Å². The Labute approximate surface area is 227 Å². The lowest BCUT2D eigenvalue weighted by Crippen LogP contribution is -2.39. The molecule has 0 radical (unpaired) electrons. The number of nitrogens with zero attached hydrogens (tertiary/aromatic N) is 2. The molecule has 38 heavy (non-hydrogen) atoms. The third-order valence-electron chi connectivity index (χ3n) is 7.47. The fourth-order valence-electron chi connectivity index (χ4n) is 4.97. The lowest BCUT2D eigenvalue weighted by atomic mass is 9.82. The predicted molar refractivity (Wildman–Crippen MR) is 149 cm³/mol. The van der Waals surface area contributed by atoms with Crippen LogP contribution in [-0.2, 0) is 9.53 Å². The Morgan fingerprint density at radius 1 is 1.03 bits per heavy atom. The van der Waals surface area contributed by atoms with Crippen LogP contribution < -0.4 is 10.2 Å². The van der Waals surface area contributed by atoms with E-state index in [9.17, 15) is 14.4 Å². The van der Waals surface area contributed by atoms with E-state index in [1.165, 1.54) is 18.4 Å². The smallest absolute Gasteiger partial charge is 0.350 e. The Bertz CT molecular complexity index is 1290. The molecule has 7 nitrogen and oxygen atoms in total. The molecule has 8 heteroatoms. The van der Waals surface area contributed by atoms with Crippen molar-refractivity contribution in [2.24, 2.45) is 17.8 Å². The first-order valence-corrected chi connectivity index (χ1v) is 14.1. The summed E-state index contributed by atoms with van der Waals surface area (Å²) in [4.78, 5) is 46.3. The molecule has 2 fully saturated rings. The molecule has 3 aromatic rings. The summed E-state index contributed by atoms with van der Waals surface area (Å²) in [5.74, 6) is 0.562. The van der Waals surface area contributed by atoms with Crippen molar-refractivity contribution in [3.63, 3.8) is 0 Å². The van der Waals surface area contributed by atoms with Crippen molar-refractivity contribution >= 4 is 40.5 Å². The monoisotopic (exact) mass is 531 g/mol. The van der Waals surface area contributed by atoms with E-state index in [4.69, 9.17) is 4.74 Å². The maximum Gasteiger partial charge on any atom is 0.350 e. The molecule has 0 unspecified atom stereocenters. The van der Waals surface area contributed by atoms with Gasteiger partial charge in [0.1, 0.15) is 10.6 Å². The molecule has 198 valence electrons. The number of hydrogen-bond acceptors (Lipinski definition) is 6. The molecular weight excluding hydrogens is 498 g/mol.